The van der Waals surface area contributed by atoms with E-state index in [-0.39, 0.29) is 18.1 Å². The molecule has 1 aromatic heterocycles. The van der Waals surface area contributed by atoms with E-state index in [4.69, 9.17) is 4.74 Å². The fraction of sp³-hybridized carbons (Fsp3) is 0.684. The van der Waals surface area contributed by atoms with Gasteiger partial charge >= 0.3 is 0 Å². The van der Waals surface area contributed by atoms with Gasteiger partial charge in [0.15, 0.2) is 0 Å². The number of hydrogen-bond acceptors (Lipinski definition) is 4. The molecule has 3 aliphatic rings. The molecule has 24 heavy (non-hydrogen) atoms. The standard InChI is InChI=1S/C19H27N3O2/c1-12-10-22(11-13(2)24-12)17-8-7-16(9-20-17)19(23)21-18(14-3-4-14)15-5-6-15/h7-9,12-15,18H,3-6,10-11H2,1-2H3,(H,21,23)/t12-,13-/m0/s1. The number of nitrogens with zero attached hydrogens (tertiary/aromatic N) is 2. The Morgan fingerprint density at radius 2 is 1.79 bits per heavy atom. The van der Waals surface area contributed by atoms with Gasteiger partial charge in [0, 0.05) is 25.3 Å². The largest absolute Gasteiger partial charge is 0.372 e. The molecule has 1 aliphatic heterocycles. The van der Waals surface area contributed by atoms with Crippen molar-refractivity contribution >= 4 is 11.7 Å². The number of pyridine rings is 1. The first kappa shape index (κ1) is 15.9. The lowest BCUT2D eigenvalue weighted by molar-refractivity contribution is -0.00546. The number of amides is 1. The van der Waals surface area contributed by atoms with Crippen LogP contribution in [0.3, 0.4) is 0 Å². The van der Waals surface area contributed by atoms with Crippen molar-refractivity contribution in [3.63, 3.8) is 0 Å². The lowest BCUT2D eigenvalue weighted by atomic mass is 10.1. The molecule has 130 valence electrons. The van der Waals surface area contributed by atoms with E-state index >= 15 is 0 Å². The molecule has 3 fully saturated rings. The Hall–Kier alpha value is -1.62. The van der Waals surface area contributed by atoms with E-state index < -0.39 is 0 Å². The molecule has 2 aliphatic carbocycles. The van der Waals surface area contributed by atoms with Crippen LogP contribution in [0.5, 0.6) is 0 Å². The van der Waals surface area contributed by atoms with Crippen LogP contribution in [0.1, 0.15) is 49.9 Å². The van der Waals surface area contributed by atoms with Crippen LogP contribution < -0.4 is 10.2 Å². The minimum atomic E-state index is 0.0292. The van der Waals surface area contributed by atoms with Gasteiger partial charge in [0.2, 0.25) is 0 Å². The number of aromatic nitrogens is 1. The SMILES string of the molecule is C[C@H]1CN(c2ccc(C(=O)NC(C3CC3)C3CC3)cn2)C[C@H](C)O1. The fourth-order valence-corrected chi connectivity index (χ4v) is 3.84. The van der Waals surface area contributed by atoms with E-state index in [0.29, 0.717) is 23.4 Å². The Balaban J connectivity index is 1.40. The van der Waals surface area contributed by atoms with Gasteiger partial charge in [0.05, 0.1) is 17.8 Å². The first-order chi connectivity index (χ1) is 11.6. The van der Waals surface area contributed by atoms with Gasteiger partial charge in [-0.2, -0.15) is 0 Å². The third kappa shape index (κ3) is 3.56. The van der Waals surface area contributed by atoms with E-state index in [1.807, 2.05) is 12.1 Å². The van der Waals surface area contributed by atoms with Gasteiger partial charge in [-0.3, -0.25) is 4.79 Å². The molecule has 2 heterocycles. The lowest BCUT2D eigenvalue weighted by Crippen LogP contribution is -2.45. The Bertz CT molecular complexity index is 573. The van der Waals surface area contributed by atoms with E-state index in [2.05, 4.69) is 29.0 Å². The molecule has 0 unspecified atom stereocenters. The summed E-state index contributed by atoms with van der Waals surface area (Å²) in [5.74, 6) is 2.38. The number of ether oxygens (including phenoxy) is 1. The van der Waals surface area contributed by atoms with Crippen molar-refractivity contribution in [3.05, 3.63) is 23.9 Å². The summed E-state index contributed by atoms with van der Waals surface area (Å²) in [6.07, 6.45) is 7.20. The molecule has 0 bridgehead atoms. The third-order valence-corrected chi connectivity index (χ3v) is 5.31. The molecule has 5 nitrogen and oxygen atoms in total. The maximum atomic E-state index is 12.5. The van der Waals surface area contributed by atoms with Gasteiger partial charge < -0.3 is 15.0 Å². The van der Waals surface area contributed by atoms with E-state index in [1.54, 1.807) is 6.20 Å². The van der Waals surface area contributed by atoms with Gasteiger partial charge in [-0.15, -0.1) is 0 Å². The van der Waals surface area contributed by atoms with E-state index in [0.717, 1.165) is 18.9 Å². The van der Waals surface area contributed by atoms with Crippen molar-refractivity contribution in [2.45, 2.75) is 57.8 Å². The number of hydrogen-bond donors (Lipinski definition) is 1. The van der Waals surface area contributed by atoms with Crippen LogP contribution in [0.15, 0.2) is 18.3 Å². The summed E-state index contributed by atoms with van der Waals surface area (Å²) in [5, 5.41) is 3.26. The zero-order valence-corrected chi connectivity index (χ0v) is 14.6. The van der Waals surface area contributed by atoms with Crippen LogP contribution in [0.25, 0.3) is 0 Å². The summed E-state index contributed by atoms with van der Waals surface area (Å²) in [4.78, 5) is 19.3. The number of nitrogens with one attached hydrogen (secondary N) is 1. The van der Waals surface area contributed by atoms with Crippen LogP contribution in [-0.2, 0) is 4.74 Å². The Morgan fingerprint density at radius 1 is 1.17 bits per heavy atom. The molecule has 0 aromatic carbocycles. The molecule has 0 spiro atoms. The predicted molar refractivity (Wildman–Crippen MR) is 93.2 cm³/mol. The summed E-state index contributed by atoms with van der Waals surface area (Å²) in [6.45, 7) is 5.85. The lowest BCUT2D eigenvalue weighted by Gasteiger charge is -2.36. The second kappa shape index (κ2) is 6.36. The molecule has 2 saturated carbocycles. The zero-order chi connectivity index (χ0) is 16.7. The number of anilines is 1. The fourth-order valence-electron chi connectivity index (χ4n) is 3.84. The molecule has 1 amide bonds. The number of rotatable bonds is 5. The molecule has 0 radical (unpaired) electrons. The second-order valence-electron chi connectivity index (χ2n) is 7.74. The number of morpholine rings is 1. The molecule has 2 atom stereocenters. The maximum absolute atomic E-state index is 12.5. The summed E-state index contributed by atoms with van der Waals surface area (Å²) in [5.41, 5.74) is 0.666. The average Bonchev–Trinajstić information content (AvgIpc) is 3.45. The highest BCUT2D eigenvalue weighted by Gasteiger charge is 2.42. The highest BCUT2D eigenvalue weighted by molar-refractivity contribution is 5.94. The van der Waals surface area contributed by atoms with Crippen molar-refractivity contribution in [1.82, 2.24) is 10.3 Å². The topological polar surface area (TPSA) is 54.5 Å². The summed E-state index contributed by atoms with van der Waals surface area (Å²) >= 11 is 0. The first-order valence-electron chi connectivity index (χ1n) is 9.27. The molecule has 1 saturated heterocycles. The first-order valence-corrected chi connectivity index (χ1v) is 9.27. The van der Waals surface area contributed by atoms with E-state index in [1.165, 1.54) is 25.7 Å². The van der Waals surface area contributed by atoms with Crippen LogP contribution in [-0.4, -0.2) is 42.2 Å². The monoisotopic (exact) mass is 329 g/mol. The zero-order valence-electron chi connectivity index (χ0n) is 14.6. The molecule has 1 N–H and O–H groups in total. The average molecular weight is 329 g/mol. The normalized spacial score (nSPS) is 27.4. The molecule has 1 aromatic rings. The van der Waals surface area contributed by atoms with E-state index in [9.17, 15) is 4.79 Å². The smallest absolute Gasteiger partial charge is 0.253 e. The predicted octanol–water partition coefficient (Wildman–Crippen LogP) is 2.61. The Kier molecular flexibility index (Phi) is 4.21. The third-order valence-electron chi connectivity index (χ3n) is 5.31. The van der Waals surface area contributed by atoms with Crippen molar-refractivity contribution in [2.24, 2.45) is 11.8 Å². The van der Waals surface area contributed by atoms with Crippen molar-refractivity contribution < 1.29 is 9.53 Å². The van der Waals surface area contributed by atoms with Crippen LogP contribution >= 0.6 is 0 Å². The molecular weight excluding hydrogens is 302 g/mol. The quantitative estimate of drug-likeness (QED) is 0.902. The molecular formula is C19H27N3O2. The van der Waals surface area contributed by atoms with Gasteiger partial charge in [-0.05, 0) is 63.5 Å². The van der Waals surface area contributed by atoms with Crippen molar-refractivity contribution in [1.29, 1.82) is 0 Å². The van der Waals surface area contributed by atoms with Crippen LogP contribution in [0.2, 0.25) is 0 Å². The van der Waals surface area contributed by atoms with Crippen LogP contribution in [0.4, 0.5) is 5.82 Å². The number of carbonyl (C=O) groups is 1. The minimum Gasteiger partial charge on any atom is -0.372 e. The molecule has 4 rings (SSSR count). The second-order valence-corrected chi connectivity index (χ2v) is 7.74. The minimum absolute atomic E-state index is 0.0292. The molecule has 5 heteroatoms. The number of carbonyl (C=O) groups excluding carboxylic acids is 1. The highest BCUT2D eigenvalue weighted by Crippen LogP contribution is 2.44. The summed E-state index contributed by atoms with van der Waals surface area (Å²) in [6, 6.07) is 4.25. The highest BCUT2D eigenvalue weighted by atomic mass is 16.5. The van der Waals surface area contributed by atoms with Crippen molar-refractivity contribution in [3.8, 4) is 0 Å². The van der Waals surface area contributed by atoms with Gasteiger partial charge in [-0.25, -0.2) is 4.98 Å². The Labute approximate surface area is 143 Å². The Morgan fingerprint density at radius 3 is 2.29 bits per heavy atom. The van der Waals surface area contributed by atoms with Gasteiger partial charge in [-0.1, -0.05) is 0 Å². The van der Waals surface area contributed by atoms with Gasteiger partial charge in [0.25, 0.3) is 5.91 Å². The van der Waals surface area contributed by atoms with Gasteiger partial charge in [0.1, 0.15) is 5.82 Å². The summed E-state index contributed by atoms with van der Waals surface area (Å²) < 4.78 is 5.77. The summed E-state index contributed by atoms with van der Waals surface area (Å²) in [7, 11) is 0. The van der Waals surface area contributed by atoms with Crippen molar-refractivity contribution in [2.75, 3.05) is 18.0 Å². The maximum Gasteiger partial charge on any atom is 0.253 e. The van der Waals surface area contributed by atoms with Crippen LogP contribution in [0, 0.1) is 11.8 Å².